The highest BCUT2D eigenvalue weighted by Crippen LogP contribution is 2.35. The third-order valence-electron chi connectivity index (χ3n) is 4.26. The smallest absolute Gasteiger partial charge is 0.342 e. The molecule has 3 aromatic carbocycles. The van der Waals surface area contributed by atoms with Gasteiger partial charge < -0.3 is 20.3 Å². The number of amides is 1. The third-order valence-corrected chi connectivity index (χ3v) is 5.28. The first-order valence-electron chi connectivity index (χ1n) is 9.02. The van der Waals surface area contributed by atoms with Gasteiger partial charge in [0.05, 0.1) is 0 Å². The van der Waals surface area contributed by atoms with Gasteiger partial charge >= 0.3 is 5.97 Å². The second kappa shape index (κ2) is 9.34. The molecule has 3 aromatic rings. The lowest BCUT2D eigenvalue weighted by molar-refractivity contribution is -0.124. The second-order valence-corrected chi connectivity index (χ2v) is 7.59. The Balaban J connectivity index is 1.49. The minimum Gasteiger partial charge on any atom is -0.507 e. The second-order valence-electron chi connectivity index (χ2n) is 6.43. The zero-order valence-electron chi connectivity index (χ0n) is 15.8. The fraction of sp³-hybridized carbons (Fsp3) is 0.182. The number of esters is 1. The monoisotopic (exact) mass is 411 g/mol. The fourth-order valence-corrected chi connectivity index (χ4v) is 3.52. The maximum atomic E-state index is 12.2. The fourth-order valence-electron chi connectivity index (χ4n) is 2.75. The van der Waals surface area contributed by atoms with Crippen LogP contribution in [0.1, 0.15) is 15.9 Å². The largest absolute Gasteiger partial charge is 0.507 e. The van der Waals surface area contributed by atoms with Crippen molar-refractivity contribution in [2.24, 2.45) is 0 Å². The van der Waals surface area contributed by atoms with Crippen LogP contribution in [0.15, 0.2) is 59.5 Å². The number of nitrogens with one attached hydrogen (secondary N) is 1. The van der Waals surface area contributed by atoms with Crippen LogP contribution in [0.25, 0.3) is 10.8 Å². The molecule has 0 fully saturated rings. The van der Waals surface area contributed by atoms with Gasteiger partial charge in [-0.15, -0.1) is 11.8 Å². The van der Waals surface area contributed by atoms with E-state index >= 15 is 0 Å². The number of carbonyl (C=O) groups is 2. The van der Waals surface area contributed by atoms with E-state index in [0.29, 0.717) is 23.1 Å². The van der Waals surface area contributed by atoms with Crippen molar-refractivity contribution < 1.29 is 24.5 Å². The Hall–Kier alpha value is -3.19. The van der Waals surface area contributed by atoms with E-state index in [4.69, 9.17) is 4.74 Å². The number of fused-ring (bicyclic) bond motifs is 1. The molecule has 7 heteroatoms. The van der Waals surface area contributed by atoms with Crippen LogP contribution in [0.2, 0.25) is 0 Å². The summed E-state index contributed by atoms with van der Waals surface area (Å²) in [6, 6.07) is 15.8. The molecule has 0 bridgehead atoms. The highest BCUT2D eigenvalue weighted by molar-refractivity contribution is 7.99. The zero-order valence-corrected chi connectivity index (χ0v) is 16.7. The van der Waals surface area contributed by atoms with E-state index in [0.717, 1.165) is 11.0 Å². The quantitative estimate of drug-likeness (QED) is 0.238. The summed E-state index contributed by atoms with van der Waals surface area (Å²) in [7, 11) is 0. The highest BCUT2D eigenvalue weighted by Gasteiger charge is 2.19. The summed E-state index contributed by atoms with van der Waals surface area (Å²) in [5, 5.41) is 23.8. The van der Waals surface area contributed by atoms with Gasteiger partial charge in [-0.3, -0.25) is 4.79 Å². The standard InChI is InChI=1S/C22H21NO5S/c1-14-6-8-15(9-7-14)29-11-10-23-20(25)13-28-22(27)18-12-19(24)16-4-2-3-5-17(16)21(18)26/h2-9,12,24,26H,10-11,13H2,1H3,(H,23,25). The van der Waals surface area contributed by atoms with Crippen molar-refractivity contribution in [3.63, 3.8) is 0 Å². The van der Waals surface area contributed by atoms with Crippen LogP contribution in [-0.2, 0) is 9.53 Å². The molecule has 0 aliphatic carbocycles. The molecular formula is C22H21NO5S. The van der Waals surface area contributed by atoms with Gasteiger partial charge in [-0.2, -0.15) is 0 Å². The molecule has 0 aliphatic heterocycles. The summed E-state index contributed by atoms with van der Waals surface area (Å²) in [4.78, 5) is 25.2. The number of phenols is 2. The van der Waals surface area contributed by atoms with Crippen molar-refractivity contribution in [2.75, 3.05) is 18.9 Å². The third kappa shape index (κ3) is 5.20. The summed E-state index contributed by atoms with van der Waals surface area (Å²) >= 11 is 1.61. The number of rotatable bonds is 7. The predicted molar refractivity (Wildman–Crippen MR) is 112 cm³/mol. The van der Waals surface area contributed by atoms with Gasteiger partial charge in [0.2, 0.25) is 0 Å². The van der Waals surface area contributed by atoms with E-state index in [1.54, 1.807) is 36.0 Å². The molecule has 1 amide bonds. The summed E-state index contributed by atoms with van der Waals surface area (Å²) in [6.45, 7) is 1.98. The van der Waals surface area contributed by atoms with Crippen molar-refractivity contribution in [3.8, 4) is 11.5 Å². The normalized spacial score (nSPS) is 10.7. The van der Waals surface area contributed by atoms with Gasteiger partial charge in [0, 0.05) is 28.0 Å². The number of benzene rings is 3. The van der Waals surface area contributed by atoms with Crippen LogP contribution in [-0.4, -0.2) is 41.0 Å². The van der Waals surface area contributed by atoms with E-state index in [1.807, 2.05) is 31.2 Å². The Labute approximate surface area is 172 Å². The van der Waals surface area contributed by atoms with Gasteiger partial charge in [0.1, 0.15) is 17.1 Å². The van der Waals surface area contributed by atoms with E-state index in [9.17, 15) is 19.8 Å². The van der Waals surface area contributed by atoms with E-state index in [1.165, 1.54) is 5.56 Å². The first kappa shape index (κ1) is 20.5. The van der Waals surface area contributed by atoms with E-state index in [2.05, 4.69) is 5.32 Å². The number of phenolic OH excluding ortho intramolecular Hbond substituents is 2. The van der Waals surface area contributed by atoms with Crippen molar-refractivity contribution >= 4 is 34.4 Å². The molecule has 0 heterocycles. The van der Waals surface area contributed by atoms with E-state index < -0.39 is 18.5 Å². The minimum absolute atomic E-state index is 0.150. The van der Waals surface area contributed by atoms with Crippen LogP contribution in [0, 0.1) is 6.92 Å². The Morgan fingerprint density at radius 3 is 2.45 bits per heavy atom. The molecule has 0 saturated carbocycles. The van der Waals surface area contributed by atoms with Gasteiger partial charge in [0.25, 0.3) is 5.91 Å². The molecule has 0 radical (unpaired) electrons. The number of hydrogen-bond donors (Lipinski definition) is 3. The average molecular weight is 411 g/mol. The van der Waals surface area contributed by atoms with Crippen LogP contribution >= 0.6 is 11.8 Å². The number of carbonyl (C=O) groups excluding carboxylic acids is 2. The van der Waals surface area contributed by atoms with Crippen LogP contribution < -0.4 is 5.32 Å². The lowest BCUT2D eigenvalue weighted by Gasteiger charge is -2.10. The lowest BCUT2D eigenvalue weighted by Crippen LogP contribution is -2.30. The van der Waals surface area contributed by atoms with Crippen molar-refractivity contribution in [1.29, 1.82) is 0 Å². The average Bonchev–Trinajstić information content (AvgIpc) is 2.73. The Bertz CT molecular complexity index is 1030. The molecule has 0 atom stereocenters. The molecule has 0 saturated heterocycles. The molecule has 29 heavy (non-hydrogen) atoms. The highest BCUT2D eigenvalue weighted by atomic mass is 32.2. The maximum Gasteiger partial charge on any atom is 0.342 e. The van der Waals surface area contributed by atoms with Crippen molar-refractivity contribution in [2.45, 2.75) is 11.8 Å². The first-order valence-corrected chi connectivity index (χ1v) is 10.0. The number of aromatic hydroxyl groups is 2. The Morgan fingerprint density at radius 2 is 1.72 bits per heavy atom. The molecule has 150 valence electrons. The molecule has 0 aliphatic rings. The number of ether oxygens (including phenoxy) is 1. The molecule has 0 unspecified atom stereocenters. The summed E-state index contributed by atoms with van der Waals surface area (Å²) < 4.78 is 4.97. The molecule has 6 nitrogen and oxygen atoms in total. The SMILES string of the molecule is Cc1ccc(SCCNC(=O)COC(=O)c2cc(O)c3ccccc3c2O)cc1. The summed E-state index contributed by atoms with van der Waals surface area (Å²) in [5.41, 5.74) is 0.999. The summed E-state index contributed by atoms with van der Waals surface area (Å²) in [5.74, 6) is -1.08. The van der Waals surface area contributed by atoms with Gasteiger partial charge in [-0.05, 0) is 25.1 Å². The molecule has 3 rings (SSSR count). The van der Waals surface area contributed by atoms with Crippen LogP contribution in [0.4, 0.5) is 0 Å². The van der Waals surface area contributed by atoms with Crippen LogP contribution in [0.5, 0.6) is 11.5 Å². The number of aryl methyl sites for hydroxylation is 1. The Morgan fingerprint density at radius 1 is 1.03 bits per heavy atom. The summed E-state index contributed by atoms with van der Waals surface area (Å²) in [6.07, 6.45) is 0. The Kier molecular flexibility index (Phi) is 6.61. The van der Waals surface area contributed by atoms with E-state index in [-0.39, 0.29) is 17.1 Å². The topological polar surface area (TPSA) is 95.9 Å². The van der Waals surface area contributed by atoms with Crippen LogP contribution in [0.3, 0.4) is 0 Å². The number of thioether (sulfide) groups is 1. The van der Waals surface area contributed by atoms with Gasteiger partial charge in [0.15, 0.2) is 6.61 Å². The molecule has 0 spiro atoms. The molecular weight excluding hydrogens is 390 g/mol. The van der Waals surface area contributed by atoms with Crippen molar-refractivity contribution in [1.82, 2.24) is 5.32 Å². The molecule has 0 aromatic heterocycles. The van der Waals surface area contributed by atoms with Gasteiger partial charge in [-0.1, -0.05) is 42.0 Å². The number of hydrogen-bond acceptors (Lipinski definition) is 6. The lowest BCUT2D eigenvalue weighted by atomic mass is 10.0. The van der Waals surface area contributed by atoms with Crippen molar-refractivity contribution in [3.05, 3.63) is 65.7 Å². The first-order chi connectivity index (χ1) is 14.0. The molecule has 3 N–H and O–H groups in total. The maximum absolute atomic E-state index is 12.2. The zero-order chi connectivity index (χ0) is 20.8. The minimum atomic E-state index is -0.882. The predicted octanol–water partition coefficient (Wildman–Crippen LogP) is 3.62. The van der Waals surface area contributed by atoms with Gasteiger partial charge in [-0.25, -0.2) is 4.79 Å².